The van der Waals surface area contributed by atoms with Gasteiger partial charge >= 0.3 is 0 Å². The highest BCUT2D eigenvalue weighted by Crippen LogP contribution is 2.27. The van der Waals surface area contributed by atoms with Crippen LogP contribution in [0.5, 0.6) is 0 Å². The van der Waals surface area contributed by atoms with Crippen molar-refractivity contribution in [3.63, 3.8) is 0 Å². The Labute approximate surface area is 69.9 Å². The first-order chi connectivity index (χ1) is 5.16. The Morgan fingerprint density at radius 3 is 2.27 bits per heavy atom. The Balaban J connectivity index is 3.25. The first-order valence-electron chi connectivity index (χ1n) is 2.59. The molecule has 0 amide bonds. The zero-order chi connectivity index (χ0) is 8.43. The first kappa shape index (κ1) is 8.74. The maximum Gasteiger partial charge on any atom is 0.195 e. The zero-order valence-electron chi connectivity index (χ0n) is 5.07. The maximum absolute atomic E-state index is 12.5. The second-order valence-corrected chi connectivity index (χ2v) is 2.81. The van der Waals surface area contributed by atoms with E-state index in [9.17, 15) is 13.2 Å². The van der Waals surface area contributed by atoms with Crippen LogP contribution < -0.4 is 0 Å². The van der Waals surface area contributed by atoms with Gasteiger partial charge in [0.15, 0.2) is 17.5 Å². The number of hydrogen-bond acceptors (Lipinski definition) is 1. The van der Waals surface area contributed by atoms with E-state index >= 15 is 0 Å². The van der Waals surface area contributed by atoms with Crippen molar-refractivity contribution in [3.8, 4) is 0 Å². The Morgan fingerprint density at radius 2 is 1.73 bits per heavy atom. The van der Waals surface area contributed by atoms with E-state index in [1.807, 2.05) is 0 Å². The molecular weight excluding hydrogens is 197 g/mol. The van der Waals surface area contributed by atoms with Crippen molar-refractivity contribution < 1.29 is 13.2 Å². The molecule has 5 heteroatoms. The fourth-order valence-electron chi connectivity index (χ4n) is 0.568. The van der Waals surface area contributed by atoms with E-state index in [2.05, 4.69) is 0 Å². The second kappa shape index (κ2) is 3.36. The predicted octanol–water partition coefficient (Wildman–Crippen LogP) is 3.35. The van der Waals surface area contributed by atoms with Gasteiger partial charge in [-0.1, -0.05) is 0 Å². The SMILES string of the molecule is Fc1ccc(SCl)c(F)c1F. The molecule has 60 valence electrons. The average Bonchev–Trinajstić information content (AvgIpc) is 2.01. The highest BCUT2D eigenvalue weighted by atomic mass is 35.7. The fraction of sp³-hybridized carbons (Fsp3) is 0. The molecule has 0 unspecified atom stereocenters. The molecule has 0 bridgehead atoms. The normalized spacial score (nSPS) is 10.2. The fourth-order valence-corrected chi connectivity index (χ4v) is 1.20. The molecule has 0 atom stereocenters. The molecule has 1 rings (SSSR count). The van der Waals surface area contributed by atoms with Crippen molar-refractivity contribution >= 4 is 21.7 Å². The molecule has 0 aromatic heterocycles. The third kappa shape index (κ3) is 1.62. The lowest BCUT2D eigenvalue weighted by Crippen LogP contribution is -1.90. The van der Waals surface area contributed by atoms with Gasteiger partial charge in [-0.15, -0.1) is 0 Å². The van der Waals surface area contributed by atoms with Crippen LogP contribution in [0, 0.1) is 17.5 Å². The molecule has 0 radical (unpaired) electrons. The van der Waals surface area contributed by atoms with E-state index in [1.54, 1.807) is 0 Å². The molecule has 11 heavy (non-hydrogen) atoms. The van der Waals surface area contributed by atoms with Gasteiger partial charge in [0, 0.05) is 0 Å². The van der Waals surface area contributed by atoms with Gasteiger partial charge in [0.25, 0.3) is 0 Å². The van der Waals surface area contributed by atoms with Crippen LogP contribution in [0.3, 0.4) is 0 Å². The maximum atomic E-state index is 12.5. The lowest BCUT2D eigenvalue weighted by atomic mass is 10.3. The molecule has 1 aromatic carbocycles. The van der Waals surface area contributed by atoms with E-state index < -0.39 is 17.5 Å². The molecule has 0 aliphatic heterocycles. The largest absolute Gasteiger partial charge is 0.204 e. The Hall–Kier alpha value is -0.350. The highest BCUT2D eigenvalue weighted by molar-refractivity contribution is 8.21. The van der Waals surface area contributed by atoms with E-state index in [0.717, 1.165) is 12.1 Å². The third-order valence-corrected chi connectivity index (χ3v) is 2.06. The van der Waals surface area contributed by atoms with Crippen LogP contribution in [0.4, 0.5) is 13.2 Å². The Morgan fingerprint density at radius 1 is 1.09 bits per heavy atom. The Kier molecular flexibility index (Phi) is 2.67. The van der Waals surface area contributed by atoms with Gasteiger partial charge in [0.2, 0.25) is 0 Å². The van der Waals surface area contributed by atoms with Crippen molar-refractivity contribution in [2.24, 2.45) is 0 Å². The van der Waals surface area contributed by atoms with Crippen molar-refractivity contribution in [1.29, 1.82) is 0 Å². The minimum atomic E-state index is -1.49. The number of halogens is 4. The van der Waals surface area contributed by atoms with E-state index in [1.165, 1.54) is 0 Å². The average molecular weight is 199 g/mol. The monoisotopic (exact) mass is 198 g/mol. The number of rotatable bonds is 1. The minimum absolute atomic E-state index is 0.120. The summed E-state index contributed by atoms with van der Waals surface area (Å²) in [6.45, 7) is 0. The molecule has 0 aliphatic rings. The molecule has 0 saturated carbocycles. The summed E-state index contributed by atoms with van der Waals surface area (Å²) in [6, 6.07) is 1.90. The van der Waals surface area contributed by atoms with Crippen LogP contribution >= 0.6 is 21.7 Å². The lowest BCUT2D eigenvalue weighted by molar-refractivity contribution is 0.435. The van der Waals surface area contributed by atoms with Crippen LogP contribution in [-0.2, 0) is 0 Å². The van der Waals surface area contributed by atoms with Crippen LogP contribution in [0.15, 0.2) is 17.0 Å². The molecule has 0 heterocycles. The van der Waals surface area contributed by atoms with E-state index in [-0.39, 0.29) is 4.90 Å². The van der Waals surface area contributed by atoms with Crippen molar-refractivity contribution in [2.45, 2.75) is 4.90 Å². The summed E-state index contributed by atoms with van der Waals surface area (Å²) in [5, 5.41) is 0. The number of hydrogen-bond donors (Lipinski definition) is 0. The summed E-state index contributed by atoms with van der Waals surface area (Å²) >= 11 is 0. The predicted molar refractivity (Wildman–Crippen MR) is 38.0 cm³/mol. The third-order valence-electron chi connectivity index (χ3n) is 1.08. The molecule has 0 aliphatic carbocycles. The summed E-state index contributed by atoms with van der Waals surface area (Å²) in [5.74, 6) is -3.95. The topological polar surface area (TPSA) is 0 Å². The van der Waals surface area contributed by atoms with E-state index in [4.69, 9.17) is 10.7 Å². The molecule has 0 fully saturated rings. The summed E-state index contributed by atoms with van der Waals surface area (Å²) < 4.78 is 37.1. The smallest absolute Gasteiger partial charge is 0.195 e. The Bertz CT molecular complexity index is 277. The molecule has 1 aromatic rings. The standard InChI is InChI=1S/C6H2ClF3S/c7-11-4-2-1-3(8)5(9)6(4)10/h1-2H. The second-order valence-electron chi connectivity index (χ2n) is 1.75. The van der Waals surface area contributed by atoms with E-state index in [0.29, 0.717) is 11.0 Å². The molecule has 0 nitrogen and oxygen atoms in total. The summed E-state index contributed by atoms with van der Waals surface area (Å²) in [6.07, 6.45) is 0. The van der Waals surface area contributed by atoms with Gasteiger partial charge in [-0.05, 0) is 33.8 Å². The van der Waals surface area contributed by atoms with Gasteiger partial charge in [0.1, 0.15) is 0 Å². The van der Waals surface area contributed by atoms with Crippen LogP contribution in [-0.4, -0.2) is 0 Å². The highest BCUT2D eigenvalue weighted by Gasteiger charge is 2.12. The first-order valence-corrected chi connectivity index (χ1v) is 4.23. The van der Waals surface area contributed by atoms with Crippen molar-refractivity contribution in [2.75, 3.05) is 0 Å². The summed E-state index contributed by atoms with van der Waals surface area (Å²) in [4.78, 5) is -0.120. The molecular formula is C6H2ClF3S. The quantitative estimate of drug-likeness (QED) is 0.624. The van der Waals surface area contributed by atoms with Gasteiger partial charge in [-0.2, -0.15) is 0 Å². The number of benzene rings is 1. The van der Waals surface area contributed by atoms with Crippen molar-refractivity contribution in [3.05, 3.63) is 29.6 Å². The molecule has 0 N–H and O–H groups in total. The van der Waals surface area contributed by atoms with Gasteiger partial charge in [-0.3, -0.25) is 0 Å². The van der Waals surface area contributed by atoms with Crippen molar-refractivity contribution in [1.82, 2.24) is 0 Å². The summed E-state index contributed by atoms with van der Waals surface area (Å²) in [7, 11) is 5.65. The summed E-state index contributed by atoms with van der Waals surface area (Å²) in [5.41, 5.74) is 0. The van der Waals surface area contributed by atoms with Crippen LogP contribution in [0.1, 0.15) is 0 Å². The lowest BCUT2D eigenvalue weighted by Gasteiger charge is -1.97. The van der Waals surface area contributed by atoms with Gasteiger partial charge in [-0.25, -0.2) is 13.2 Å². The zero-order valence-corrected chi connectivity index (χ0v) is 6.65. The van der Waals surface area contributed by atoms with Gasteiger partial charge in [0.05, 0.1) is 4.90 Å². The van der Waals surface area contributed by atoms with Crippen LogP contribution in [0.2, 0.25) is 0 Å². The molecule has 0 spiro atoms. The minimum Gasteiger partial charge on any atom is -0.204 e. The van der Waals surface area contributed by atoms with Crippen LogP contribution in [0.25, 0.3) is 0 Å². The molecule has 0 saturated heterocycles. The van der Waals surface area contributed by atoms with Gasteiger partial charge < -0.3 is 0 Å².